The molecule has 0 unspecified atom stereocenters. The Morgan fingerprint density at radius 3 is 2.57 bits per heavy atom. The predicted octanol–water partition coefficient (Wildman–Crippen LogP) is 3.23. The summed E-state index contributed by atoms with van der Waals surface area (Å²) in [5.74, 6) is 1.02. The van der Waals surface area contributed by atoms with Gasteiger partial charge in [0.05, 0.1) is 32.9 Å². The fourth-order valence-electron chi connectivity index (χ4n) is 3.04. The first-order valence-electron chi connectivity index (χ1n) is 9.15. The number of nitrogens with zero attached hydrogens (tertiary/aromatic N) is 1. The summed E-state index contributed by atoms with van der Waals surface area (Å²) in [5.41, 5.74) is 1.12. The number of aliphatic hydroxyl groups is 1. The number of H-pyrrole nitrogens is 1. The largest absolute Gasteiger partial charge is 0.493 e. The van der Waals surface area contributed by atoms with Crippen molar-refractivity contribution in [2.75, 3.05) is 32.7 Å². The first kappa shape index (κ1) is 21.5. The van der Waals surface area contributed by atoms with Crippen molar-refractivity contribution in [2.45, 2.75) is 6.54 Å². The highest BCUT2D eigenvalue weighted by atomic mass is 35.5. The van der Waals surface area contributed by atoms with Crippen molar-refractivity contribution in [1.82, 2.24) is 9.88 Å². The number of ether oxygens (including phenoxy) is 2. The molecule has 30 heavy (non-hydrogen) atoms. The molecule has 0 bridgehead atoms. The van der Waals surface area contributed by atoms with E-state index < -0.39 is 6.03 Å². The molecule has 0 spiro atoms. The Balaban J connectivity index is 1.89. The number of carbonyl (C=O) groups is 1. The smallest absolute Gasteiger partial charge is 0.322 e. The maximum absolute atomic E-state index is 12.7. The number of aromatic amines is 1. The van der Waals surface area contributed by atoms with Crippen LogP contribution in [0.25, 0.3) is 10.9 Å². The molecule has 0 aliphatic rings. The van der Waals surface area contributed by atoms with Gasteiger partial charge in [0, 0.05) is 34.3 Å². The highest BCUT2D eigenvalue weighted by Gasteiger charge is 2.17. The molecule has 1 heterocycles. The second-order valence-corrected chi connectivity index (χ2v) is 6.94. The molecule has 3 aromatic rings. The molecular formula is C21H22ClN3O5. The molecule has 2 aromatic carbocycles. The van der Waals surface area contributed by atoms with Gasteiger partial charge in [-0.2, -0.15) is 0 Å². The maximum atomic E-state index is 12.7. The molecule has 0 saturated carbocycles. The molecule has 9 heteroatoms. The minimum atomic E-state index is -0.460. The van der Waals surface area contributed by atoms with E-state index in [1.165, 1.54) is 19.1 Å². The van der Waals surface area contributed by atoms with Gasteiger partial charge >= 0.3 is 6.03 Å². The lowest BCUT2D eigenvalue weighted by molar-refractivity contribution is 0.185. The van der Waals surface area contributed by atoms with E-state index in [4.69, 9.17) is 21.1 Å². The third-order valence-electron chi connectivity index (χ3n) is 4.52. The Bertz CT molecular complexity index is 1120. The second-order valence-electron chi connectivity index (χ2n) is 6.50. The van der Waals surface area contributed by atoms with E-state index in [-0.39, 0.29) is 25.3 Å². The van der Waals surface area contributed by atoms with Crippen LogP contribution in [0.5, 0.6) is 11.5 Å². The normalized spacial score (nSPS) is 10.7. The molecule has 0 aliphatic heterocycles. The van der Waals surface area contributed by atoms with Crippen LogP contribution in [0.2, 0.25) is 5.02 Å². The molecule has 0 fully saturated rings. The summed E-state index contributed by atoms with van der Waals surface area (Å²) in [6, 6.07) is 11.4. The minimum Gasteiger partial charge on any atom is -0.493 e. The van der Waals surface area contributed by atoms with Gasteiger partial charge in [0.2, 0.25) is 0 Å². The van der Waals surface area contributed by atoms with Crippen molar-refractivity contribution < 1.29 is 19.4 Å². The fourth-order valence-corrected chi connectivity index (χ4v) is 3.23. The van der Waals surface area contributed by atoms with Gasteiger partial charge in [-0.3, -0.25) is 4.79 Å². The van der Waals surface area contributed by atoms with Gasteiger partial charge < -0.3 is 29.8 Å². The number of aromatic nitrogens is 1. The van der Waals surface area contributed by atoms with Gasteiger partial charge in [-0.25, -0.2) is 4.79 Å². The molecule has 1 aromatic heterocycles. The Morgan fingerprint density at radius 2 is 1.90 bits per heavy atom. The zero-order valence-electron chi connectivity index (χ0n) is 16.6. The van der Waals surface area contributed by atoms with Crippen molar-refractivity contribution in [3.8, 4) is 11.5 Å². The van der Waals surface area contributed by atoms with E-state index in [2.05, 4.69) is 10.3 Å². The third-order valence-corrected chi connectivity index (χ3v) is 4.75. The van der Waals surface area contributed by atoms with Gasteiger partial charge in [-0.05, 0) is 30.3 Å². The summed E-state index contributed by atoms with van der Waals surface area (Å²) in [5, 5.41) is 13.3. The SMILES string of the molecule is COc1cc2cc(CN(CCO)C(=O)Nc3cccc(Cl)c3)c(=O)[nH]c2cc1OC. The Hall–Kier alpha value is -3.23. The summed E-state index contributed by atoms with van der Waals surface area (Å²) in [7, 11) is 3.04. The monoisotopic (exact) mass is 431 g/mol. The second kappa shape index (κ2) is 9.51. The number of hydrogen-bond acceptors (Lipinski definition) is 5. The van der Waals surface area contributed by atoms with Gasteiger partial charge in [-0.1, -0.05) is 17.7 Å². The summed E-state index contributed by atoms with van der Waals surface area (Å²) in [6.07, 6.45) is 0. The minimum absolute atomic E-state index is 0.00652. The fraction of sp³-hybridized carbons (Fsp3) is 0.238. The maximum Gasteiger partial charge on any atom is 0.322 e. The van der Waals surface area contributed by atoms with Crippen molar-refractivity contribution in [3.05, 3.63) is 63.4 Å². The highest BCUT2D eigenvalue weighted by Crippen LogP contribution is 2.31. The first-order valence-corrected chi connectivity index (χ1v) is 9.53. The molecule has 0 saturated heterocycles. The molecular weight excluding hydrogens is 410 g/mol. The van der Waals surface area contributed by atoms with Crippen LogP contribution in [0.15, 0.2) is 47.3 Å². The Morgan fingerprint density at radius 1 is 1.17 bits per heavy atom. The van der Waals surface area contributed by atoms with Crippen LogP contribution in [0.4, 0.5) is 10.5 Å². The highest BCUT2D eigenvalue weighted by molar-refractivity contribution is 6.30. The number of urea groups is 1. The van der Waals surface area contributed by atoms with Crippen LogP contribution in [0.3, 0.4) is 0 Å². The van der Waals surface area contributed by atoms with Crippen LogP contribution in [0.1, 0.15) is 5.56 Å². The zero-order valence-corrected chi connectivity index (χ0v) is 17.3. The number of benzene rings is 2. The van der Waals surface area contributed by atoms with Gasteiger partial charge in [0.25, 0.3) is 5.56 Å². The summed E-state index contributed by atoms with van der Waals surface area (Å²) >= 11 is 5.95. The Kier molecular flexibility index (Phi) is 6.81. The van der Waals surface area contributed by atoms with E-state index in [0.29, 0.717) is 33.3 Å². The number of aliphatic hydroxyl groups excluding tert-OH is 1. The lowest BCUT2D eigenvalue weighted by Gasteiger charge is -2.22. The molecule has 3 rings (SSSR count). The number of rotatable bonds is 7. The number of anilines is 1. The number of amides is 2. The number of halogens is 1. The van der Waals surface area contributed by atoms with Crippen molar-refractivity contribution >= 4 is 34.2 Å². The number of fused-ring (bicyclic) bond motifs is 1. The molecule has 3 N–H and O–H groups in total. The van der Waals surface area contributed by atoms with E-state index in [0.717, 1.165) is 5.39 Å². The van der Waals surface area contributed by atoms with E-state index in [1.807, 2.05) is 0 Å². The van der Waals surface area contributed by atoms with Crippen LogP contribution >= 0.6 is 11.6 Å². The van der Waals surface area contributed by atoms with E-state index in [9.17, 15) is 14.7 Å². The van der Waals surface area contributed by atoms with Crippen LogP contribution in [-0.4, -0.2) is 48.4 Å². The molecule has 158 valence electrons. The predicted molar refractivity (Wildman–Crippen MR) is 116 cm³/mol. The van der Waals surface area contributed by atoms with Crippen molar-refractivity contribution in [2.24, 2.45) is 0 Å². The van der Waals surface area contributed by atoms with E-state index in [1.54, 1.807) is 42.5 Å². The van der Waals surface area contributed by atoms with Gasteiger partial charge in [0.1, 0.15) is 0 Å². The first-order chi connectivity index (χ1) is 14.4. The lowest BCUT2D eigenvalue weighted by atomic mass is 10.1. The summed E-state index contributed by atoms with van der Waals surface area (Å²) < 4.78 is 10.6. The average Bonchev–Trinajstić information content (AvgIpc) is 2.72. The number of hydrogen-bond donors (Lipinski definition) is 3. The molecule has 0 atom stereocenters. The Labute approximate surface area is 178 Å². The molecule has 0 radical (unpaired) electrons. The standard InChI is InChI=1S/C21H22ClN3O5/c1-29-18-9-13-8-14(20(27)24-17(13)11-19(18)30-2)12-25(6-7-26)21(28)23-16-5-3-4-15(22)10-16/h3-5,8-11,26H,6-7,12H2,1-2H3,(H,23,28)(H,24,27). The third kappa shape index (κ3) is 4.84. The quantitative estimate of drug-likeness (QED) is 0.533. The van der Waals surface area contributed by atoms with Crippen LogP contribution in [-0.2, 0) is 6.54 Å². The summed E-state index contributed by atoms with van der Waals surface area (Å²) in [4.78, 5) is 29.4. The van der Waals surface area contributed by atoms with Crippen molar-refractivity contribution in [3.63, 3.8) is 0 Å². The summed E-state index contributed by atoms with van der Waals surface area (Å²) in [6.45, 7) is -0.193. The van der Waals surface area contributed by atoms with Gasteiger partial charge in [-0.15, -0.1) is 0 Å². The lowest BCUT2D eigenvalue weighted by Crippen LogP contribution is -2.38. The average molecular weight is 432 g/mol. The van der Waals surface area contributed by atoms with Gasteiger partial charge in [0.15, 0.2) is 11.5 Å². The molecule has 2 amide bonds. The van der Waals surface area contributed by atoms with E-state index >= 15 is 0 Å². The van der Waals surface area contributed by atoms with Crippen LogP contribution < -0.4 is 20.3 Å². The number of pyridine rings is 1. The van der Waals surface area contributed by atoms with Crippen molar-refractivity contribution in [1.29, 1.82) is 0 Å². The molecule has 0 aliphatic carbocycles. The number of carbonyl (C=O) groups excluding carboxylic acids is 1. The number of methoxy groups -OCH3 is 2. The zero-order chi connectivity index (χ0) is 21.7. The number of nitrogens with one attached hydrogen (secondary N) is 2. The van der Waals surface area contributed by atoms with Crippen LogP contribution in [0, 0.1) is 0 Å². The molecule has 8 nitrogen and oxygen atoms in total. The topological polar surface area (TPSA) is 104 Å².